The first-order valence-electron chi connectivity index (χ1n) is 8.29. The Morgan fingerprint density at radius 3 is 2.30 bits per heavy atom. The molecule has 23 heavy (non-hydrogen) atoms. The van der Waals surface area contributed by atoms with Crippen LogP contribution in [-0.4, -0.2) is 42.3 Å². The van der Waals surface area contributed by atoms with Crippen molar-refractivity contribution in [1.29, 1.82) is 0 Å². The van der Waals surface area contributed by atoms with Crippen molar-refractivity contribution in [3.05, 3.63) is 54.3 Å². The maximum absolute atomic E-state index is 7.52. The van der Waals surface area contributed by atoms with Gasteiger partial charge in [0.05, 0.1) is 0 Å². The third kappa shape index (κ3) is 3.23. The minimum atomic E-state index is -4.56. The molecule has 0 radical (unpaired) electrons. The molecule has 2 aliphatic heterocycles. The molecule has 0 N–H and O–H groups in total. The van der Waals surface area contributed by atoms with Crippen LogP contribution in [0, 0.1) is 5.92 Å². The molecule has 0 bridgehead atoms. The van der Waals surface area contributed by atoms with Crippen LogP contribution in [-0.2, 0) is 0 Å². The Bertz CT molecular complexity index is 619. The molecule has 2 heterocycles. The van der Waals surface area contributed by atoms with Gasteiger partial charge in [0, 0.05) is 0 Å². The Morgan fingerprint density at radius 1 is 1.09 bits per heavy atom. The molecule has 0 unspecified atom stereocenters. The molecule has 1 fully saturated rings. The van der Waals surface area contributed by atoms with E-state index in [9.17, 15) is 0 Å². The Hall–Kier alpha value is -0.0769. The number of hydrogen-bond acceptors (Lipinski definition) is 2. The monoisotopic (exact) mass is 548 g/mol. The van der Waals surface area contributed by atoms with Crippen LogP contribution in [0.3, 0.4) is 0 Å². The van der Waals surface area contributed by atoms with Gasteiger partial charge in [0.25, 0.3) is 0 Å². The first kappa shape index (κ1) is 17.7. The molecule has 1 saturated heterocycles. The van der Waals surface area contributed by atoms with Gasteiger partial charge in [0.15, 0.2) is 0 Å². The summed E-state index contributed by atoms with van der Waals surface area (Å²) in [7, 11) is 15.0. The summed E-state index contributed by atoms with van der Waals surface area (Å²) in [6.45, 7) is 7.21. The fourth-order valence-corrected chi connectivity index (χ4v) is 22.3. The van der Waals surface area contributed by atoms with E-state index in [-0.39, 0.29) is 0 Å². The summed E-state index contributed by atoms with van der Waals surface area (Å²) >= 11 is -4.56. The van der Waals surface area contributed by atoms with E-state index in [2.05, 4.69) is 62.2 Å². The van der Waals surface area contributed by atoms with E-state index in [1.807, 2.05) is 6.07 Å². The number of rotatable bonds is 3. The van der Waals surface area contributed by atoms with Crippen molar-refractivity contribution in [3.63, 3.8) is 0 Å². The minimum absolute atomic E-state index is 0.759. The van der Waals surface area contributed by atoms with Gasteiger partial charge < -0.3 is 0 Å². The molecule has 0 saturated carbocycles. The number of allylic oxidation sites excluding steroid dienone is 2. The second kappa shape index (κ2) is 6.67. The van der Waals surface area contributed by atoms with Gasteiger partial charge in [-0.15, -0.1) is 0 Å². The Kier molecular flexibility index (Phi) is 5.15. The second-order valence-electron chi connectivity index (χ2n) is 6.68. The molecular formula is C18H25BiCl2N2. The summed E-state index contributed by atoms with van der Waals surface area (Å²) in [6.07, 6.45) is 8.80. The van der Waals surface area contributed by atoms with Gasteiger partial charge in [-0.1, -0.05) is 0 Å². The Balaban J connectivity index is 2.05. The molecule has 3 rings (SSSR count). The maximum atomic E-state index is 7.52. The number of hydrogen-bond donors (Lipinski definition) is 0. The summed E-state index contributed by atoms with van der Waals surface area (Å²) in [6, 6.07) is 10.4. The molecule has 5 heteroatoms. The van der Waals surface area contributed by atoms with E-state index in [0.717, 1.165) is 28.8 Å². The van der Waals surface area contributed by atoms with Crippen LogP contribution in [0.2, 0.25) is 0 Å². The number of benzene rings is 1. The van der Waals surface area contributed by atoms with Crippen LogP contribution in [0.4, 0.5) is 0 Å². The van der Waals surface area contributed by atoms with E-state index >= 15 is 0 Å². The number of halogens is 2. The van der Waals surface area contributed by atoms with E-state index in [1.165, 1.54) is 18.4 Å². The van der Waals surface area contributed by atoms with Crippen molar-refractivity contribution >= 4 is 37.3 Å². The van der Waals surface area contributed by atoms with Crippen molar-refractivity contribution in [2.45, 2.75) is 26.7 Å². The van der Waals surface area contributed by atoms with Gasteiger partial charge in [-0.3, -0.25) is 0 Å². The predicted molar refractivity (Wildman–Crippen MR) is 103 cm³/mol. The molecule has 0 amide bonds. The summed E-state index contributed by atoms with van der Waals surface area (Å²) in [5, 5.41) is 0. The van der Waals surface area contributed by atoms with Crippen molar-refractivity contribution in [2.75, 3.05) is 19.6 Å². The Labute approximate surface area is 148 Å². The fourth-order valence-electron chi connectivity index (χ4n) is 3.31. The molecule has 0 aromatic heterocycles. The molecule has 2 aliphatic rings. The standard InChI is InChI=1S/C6H12N.C6H8N.C6H5.Bi.2ClH/c2*1-6-2-4-7-5-3-6;1-2-4-6-5-3-1;;;/h6H,2-5H2,1H3;2-4H,5H2,1H3;1-5H;;2*1H/q2*-1;;+4;;/p-2. The number of piperidine rings is 1. The van der Waals surface area contributed by atoms with E-state index in [4.69, 9.17) is 17.0 Å². The zero-order valence-electron chi connectivity index (χ0n) is 13.8. The van der Waals surface area contributed by atoms with Crippen molar-refractivity contribution in [3.8, 4) is 0 Å². The topological polar surface area (TPSA) is 6.48 Å². The first-order chi connectivity index (χ1) is 10.9. The van der Waals surface area contributed by atoms with Gasteiger partial charge in [-0.05, 0) is 0 Å². The van der Waals surface area contributed by atoms with Gasteiger partial charge in [0.2, 0.25) is 0 Å². The summed E-state index contributed by atoms with van der Waals surface area (Å²) in [5.74, 6) is 0.759. The van der Waals surface area contributed by atoms with Crippen LogP contribution in [0.1, 0.15) is 26.7 Å². The van der Waals surface area contributed by atoms with Gasteiger partial charge in [-0.2, -0.15) is 0 Å². The van der Waals surface area contributed by atoms with Crippen molar-refractivity contribution in [1.82, 2.24) is 5.69 Å². The van der Waals surface area contributed by atoms with E-state index in [1.54, 1.807) is 0 Å². The summed E-state index contributed by atoms with van der Waals surface area (Å²) in [4.78, 5) is 0. The quantitative estimate of drug-likeness (QED) is 0.521. The molecule has 126 valence electrons. The molecule has 0 aliphatic carbocycles. The molecule has 0 atom stereocenters. The van der Waals surface area contributed by atoms with Crippen molar-refractivity contribution in [2.24, 2.45) is 5.92 Å². The normalized spacial score (nSPS) is 22.5. The fraction of sp³-hybridized carbons (Fsp3) is 0.444. The number of nitrogens with zero attached hydrogens (tertiary/aromatic N) is 2. The van der Waals surface area contributed by atoms with Crippen LogP contribution >= 0.6 is 17.0 Å². The summed E-state index contributed by atoms with van der Waals surface area (Å²) in [5.41, 5.74) is 1.27. The van der Waals surface area contributed by atoms with Crippen LogP contribution in [0.5, 0.6) is 0 Å². The molecule has 0 spiro atoms. The van der Waals surface area contributed by atoms with E-state index in [0.29, 0.717) is 0 Å². The third-order valence-electron chi connectivity index (χ3n) is 4.97. The molecule has 1 aromatic carbocycles. The zero-order chi connectivity index (χ0) is 16.5. The van der Waals surface area contributed by atoms with Crippen molar-refractivity contribution < 1.29 is 0 Å². The predicted octanol–water partition coefficient (Wildman–Crippen LogP) is 4.27. The molecule has 2 nitrogen and oxygen atoms in total. The SMILES string of the molecule is CC1=CC[N]([Bi]([Cl])([Cl])([c]2ccccc2)[N]2CCC(C)CC2)C=C1. The van der Waals surface area contributed by atoms with Crippen LogP contribution < -0.4 is 3.27 Å². The first-order valence-corrected chi connectivity index (χ1v) is 21.7. The summed E-state index contributed by atoms with van der Waals surface area (Å²) < 4.78 is 5.81. The van der Waals surface area contributed by atoms with Gasteiger partial charge in [-0.25, -0.2) is 0 Å². The van der Waals surface area contributed by atoms with Crippen LogP contribution in [0.15, 0.2) is 54.3 Å². The second-order valence-corrected chi connectivity index (χ2v) is 32.1. The Morgan fingerprint density at radius 2 is 1.74 bits per heavy atom. The average Bonchev–Trinajstić information content (AvgIpc) is 2.57. The molecule has 1 aromatic rings. The van der Waals surface area contributed by atoms with Gasteiger partial charge in [0.1, 0.15) is 0 Å². The zero-order valence-corrected chi connectivity index (χ0v) is 18.8. The van der Waals surface area contributed by atoms with Gasteiger partial charge >= 0.3 is 149 Å². The average molecular weight is 549 g/mol. The van der Waals surface area contributed by atoms with Crippen LogP contribution in [0.25, 0.3) is 0 Å². The molecular weight excluding hydrogens is 524 g/mol. The third-order valence-corrected chi connectivity index (χ3v) is 29.9. The van der Waals surface area contributed by atoms with E-state index < -0.39 is 17.0 Å².